The number of benzene rings is 1. The van der Waals surface area contributed by atoms with E-state index in [9.17, 15) is 0 Å². The molecular weight excluding hydrogens is 287 g/mol. The number of hydrogen-bond donors (Lipinski definition) is 0. The standard InChI is InChI=1S/C19H25BO3/c1-6-14-12-16(20-22-18(2,3)19(4,5)23-20)9-10-17(14)15-8-7-11-21-13-15/h1,9-10,12,15H,7-8,11,13H2,2-5H3. The number of hydrogen-bond acceptors (Lipinski definition) is 3. The monoisotopic (exact) mass is 312 g/mol. The molecule has 4 heteroatoms. The molecule has 2 aliphatic heterocycles. The molecule has 2 heterocycles. The summed E-state index contributed by atoms with van der Waals surface area (Å²) in [6, 6.07) is 6.23. The van der Waals surface area contributed by atoms with E-state index in [1.165, 1.54) is 5.56 Å². The van der Waals surface area contributed by atoms with Crippen LogP contribution < -0.4 is 5.46 Å². The van der Waals surface area contributed by atoms with Crippen LogP contribution in [-0.4, -0.2) is 31.5 Å². The molecule has 0 aliphatic carbocycles. The van der Waals surface area contributed by atoms with Gasteiger partial charge in [0.25, 0.3) is 0 Å². The summed E-state index contributed by atoms with van der Waals surface area (Å²) >= 11 is 0. The van der Waals surface area contributed by atoms with E-state index in [4.69, 9.17) is 20.5 Å². The summed E-state index contributed by atoms with van der Waals surface area (Å²) in [5, 5.41) is 0. The van der Waals surface area contributed by atoms with E-state index in [0.717, 1.165) is 37.1 Å². The first-order valence-corrected chi connectivity index (χ1v) is 8.38. The quantitative estimate of drug-likeness (QED) is 0.621. The fraction of sp³-hybridized carbons (Fsp3) is 0.579. The Morgan fingerprint density at radius 3 is 2.43 bits per heavy atom. The fourth-order valence-corrected chi connectivity index (χ4v) is 3.17. The third-order valence-electron chi connectivity index (χ3n) is 5.36. The first-order valence-electron chi connectivity index (χ1n) is 8.38. The molecule has 3 nitrogen and oxygen atoms in total. The summed E-state index contributed by atoms with van der Waals surface area (Å²) in [5.74, 6) is 3.22. The van der Waals surface area contributed by atoms with Gasteiger partial charge in [-0.3, -0.25) is 0 Å². The molecule has 0 amide bonds. The Morgan fingerprint density at radius 2 is 1.87 bits per heavy atom. The number of ether oxygens (including phenoxy) is 1. The molecule has 0 N–H and O–H groups in total. The van der Waals surface area contributed by atoms with Crippen molar-refractivity contribution >= 4 is 12.6 Å². The zero-order valence-electron chi connectivity index (χ0n) is 14.5. The van der Waals surface area contributed by atoms with Crippen molar-refractivity contribution in [3.05, 3.63) is 29.3 Å². The molecule has 2 aliphatic rings. The first-order chi connectivity index (χ1) is 10.8. The van der Waals surface area contributed by atoms with Gasteiger partial charge in [0, 0.05) is 18.1 Å². The SMILES string of the molecule is C#Cc1cc(B2OC(C)(C)C(C)(C)O2)ccc1C1CCCOC1. The van der Waals surface area contributed by atoms with E-state index in [2.05, 4.69) is 45.7 Å². The topological polar surface area (TPSA) is 27.7 Å². The molecule has 0 spiro atoms. The minimum Gasteiger partial charge on any atom is -0.399 e. The van der Waals surface area contributed by atoms with Gasteiger partial charge in [-0.2, -0.15) is 0 Å². The van der Waals surface area contributed by atoms with Gasteiger partial charge in [-0.1, -0.05) is 18.1 Å². The Bertz CT molecular complexity index is 608. The molecule has 0 bridgehead atoms. The lowest BCUT2D eigenvalue weighted by molar-refractivity contribution is 0.00578. The van der Waals surface area contributed by atoms with Gasteiger partial charge < -0.3 is 14.0 Å². The molecule has 1 aromatic rings. The maximum absolute atomic E-state index is 6.12. The molecule has 1 unspecified atom stereocenters. The highest BCUT2D eigenvalue weighted by Crippen LogP contribution is 2.36. The second-order valence-electron chi connectivity index (χ2n) is 7.49. The van der Waals surface area contributed by atoms with Crippen LogP contribution in [0.25, 0.3) is 0 Å². The molecule has 0 radical (unpaired) electrons. The molecule has 0 aromatic heterocycles. The largest absolute Gasteiger partial charge is 0.494 e. The van der Waals surface area contributed by atoms with E-state index in [-0.39, 0.29) is 18.3 Å². The second-order valence-corrected chi connectivity index (χ2v) is 7.49. The summed E-state index contributed by atoms with van der Waals surface area (Å²) in [7, 11) is -0.372. The van der Waals surface area contributed by atoms with Crippen LogP contribution in [0.15, 0.2) is 18.2 Å². The minimum atomic E-state index is -0.372. The molecule has 2 fully saturated rings. The van der Waals surface area contributed by atoms with Gasteiger partial charge in [0.05, 0.1) is 17.8 Å². The van der Waals surface area contributed by atoms with Crippen molar-refractivity contribution < 1.29 is 14.0 Å². The Labute approximate surface area is 139 Å². The van der Waals surface area contributed by atoms with Gasteiger partial charge in [-0.15, -0.1) is 6.42 Å². The maximum atomic E-state index is 6.12. The Balaban J connectivity index is 1.87. The molecule has 1 aromatic carbocycles. The number of terminal acetylenes is 1. The second kappa shape index (κ2) is 5.98. The fourth-order valence-electron chi connectivity index (χ4n) is 3.17. The van der Waals surface area contributed by atoms with Gasteiger partial charge in [0.1, 0.15) is 0 Å². The van der Waals surface area contributed by atoms with Crippen LogP contribution in [0.2, 0.25) is 0 Å². The van der Waals surface area contributed by atoms with E-state index in [1.54, 1.807) is 0 Å². The third-order valence-corrected chi connectivity index (χ3v) is 5.36. The van der Waals surface area contributed by atoms with Crippen molar-refractivity contribution in [3.63, 3.8) is 0 Å². The van der Waals surface area contributed by atoms with E-state index < -0.39 is 0 Å². The van der Waals surface area contributed by atoms with Crippen LogP contribution in [0.1, 0.15) is 57.6 Å². The van der Waals surface area contributed by atoms with Crippen LogP contribution >= 0.6 is 0 Å². The van der Waals surface area contributed by atoms with Crippen molar-refractivity contribution in [2.75, 3.05) is 13.2 Å². The Morgan fingerprint density at radius 1 is 1.17 bits per heavy atom. The highest BCUT2D eigenvalue weighted by Gasteiger charge is 2.51. The van der Waals surface area contributed by atoms with E-state index >= 15 is 0 Å². The molecular formula is C19H25BO3. The van der Waals surface area contributed by atoms with Gasteiger partial charge >= 0.3 is 7.12 Å². The average molecular weight is 312 g/mol. The molecule has 0 saturated carbocycles. The lowest BCUT2D eigenvalue weighted by atomic mass is 9.76. The predicted octanol–water partition coefficient (Wildman–Crippen LogP) is 2.86. The molecule has 2 saturated heterocycles. The summed E-state index contributed by atoms with van der Waals surface area (Å²) in [4.78, 5) is 0. The summed E-state index contributed by atoms with van der Waals surface area (Å²) in [6.07, 6.45) is 7.98. The van der Waals surface area contributed by atoms with Crippen molar-refractivity contribution in [1.82, 2.24) is 0 Å². The van der Waals surface area contributed by atoms with Gasteiger partial charge in [0.2, 0.25) is 0 Å². The lowest BCUT2D eigenvalue weighted by Crippen LogP contribution is -2.41. The summed E-state index contributed by atoms with van der Waals surface area (Å²) < 4.78 is 17.8. The smallest absolute Gasteiger partial charge is 0.399 e. The summed E-state index contributed by atoms with van der Waals surface area (Å²) in [6.45, 7) is 9.84. The van der Waals surface area contributed by atoms with Crippen molar-refractivity contribution in [1.29, 1.82) is 0 Å². The van der Waals surface area contributed by atoms with Gasteiger partial charge in [-0.25, -0.2) is 0 Å². The normalized spacial score (nSPS) is 26.0. The Hall–Kier alpha value is -1.28. The van der Waals surface area contributed by atoms with Gasteiger partial charge in [0.15, 0.2) is 0 Å². The van der Waals surface area contributed by atoms with Crippen LogP contribution in [0.4, 0.5) is 0 Å². The van der Waals surface area contributed by atoms with Crippen LogP contribution in [0, 0.1) is 12.3 Å². The van der Waals surface area contributed by atoms with Crippen LogP contribution in [0.3, 0.4) is 0 Å². The Kier molecular flexibility index (Phi) is 4.31. The highest BCUT2D eigenvalue weighted by atomic mass is 16.7. The van der Waals surface area contributed by atoms with Crippen LogP contribution in [-0.2, 0) is 14.0 Å². The predicted molar refractivity (Wildman–Crippen MR) is 92.9 cm³/mol. The van der Waals surface area contributed by atoms with Crippen molar-refractivity contribution in [2.24, 2.45) is 0 Å². The van der Waals surface area contributed by atoms with Crippen LogP contribution in [0.5, 0.6) is 0 Å². The molecule has 1 atom stereocenters. The first kappa shape index (κ1) is 16.6. The van der Waals surface area contributed by atoms with E-state index in [0.29, 0.717) is 5.92 Å². The van der Waals surface area contributed by atoms with Crippen molar-refractivity contribution in [2.45, 2.75) is 57.7 Å². The average Bonchev–Trinajstić information content (AvgIpc) is 2.75. The zero-order chi connectivity index (χ0) is 16.7. The van der Waals surface area contributed by atoms with Crippen molar-refractivity contribution in [3.8, 4) is 12.3 Å². The molecule has 122 valence electrons. The maximum Gasteiger partial charge on any atom is 0.494 e. The lowest BCUT2D eigenvalue weighted by Gasteiger charge is -2.32. The molecule has 3 rings (SSSR count). The van der Waals surface area contributed by atoms with E-state index in [1.807, 2.05) is 6.07 Å². The number of rotatable bonds is 2. The zero-order valence-corrected chi connectivity index (χ0v) is 14.5. The van der Waals surface area contributed by atoms with Gasteiger partial charge in [-0.05, 0) is 57.6 Å². The molecule has 23 heavy (non-hydrogen) atoms. The third kappa shape index (κ3) is 3.06. The minimum absolute atomic E-state index is 0.343. The highest BCUT2D eigenvalue weighted by molar-refractivity contribution is 6.62. The summed E-state index contributed by atoms with van der Waals surface area (Å²) in [5.41, 5.74) is 2.42.